The van der Waals surface area contributed by atoms with Gasteiger partial charge >= 0.3 is 0 Å². The summed E-state index contributed by atoms with van der Waals surface area (Å²) in [6, 6.07) is 22.5. The van der Waals surface area contributed by atoms with Gasteiger partial charge in [0.15, 0.2) is 11.5 Å². The van der Waals surface area contributed by atoms with E-state index in [0.717, 1.165) is 16.7 Å². The van der Waals surface area contributed by atoms with Crippen molar-refractivity contribution in [1.29, 1.82) is 0 Å². The first-order valence-electron chi connectivity index (χ1n) is 10.9. The molecule has 2 N–H and O–H groups in total. The lowest BCUT2D eigenvalue weighted by molar-refractivity contribution is -0.122. The second kappa shape index (κ2) is 10.1. The Morgan fingerprint density at radius 3 is 2.47 bits per heavy atom. The standard InChI is InChI=1S/C27H27N3O4/c1-18-9-11-24(31)21(13-18)22-15-23(20-10-12-25(33-2)26(14-20)34-3)30(29-22)17-27(32)28-16-19-7-5-4-6-8-19/h4-15,31H,16-17H2,1-3H3,(H,28,32). The van der Waals surface area contributed by atoms with E-state index >= 15 is 0 Å². The van der Waals surface area contributed by atoms with Crippen LogP contribution in [-0.2, 0) is 17.9 Å². The molecule has 0 spiro atoms. The van der Waals surface area contributed by atoms with Crippen LogP contribution in [0, 0.1) is 6.92 Å². The van der Waals surface area contributed by atoms with E-state index in [1.54, 1.807) is 25.0 Å². The third kappa shape index (κ3) is 5.04. The summed E-state index contributed by atoms with van der Waals surface area (Å²) < 4.78 is 12.5. The lowest BCUT2D eigenvalue weighted by Gasteiger charge is -2.11. The first kappa shape index (κ1) is 22.9. The molecule has 0 aliphatic heterocycles. The molecule has 0 radical (unpaired) electrons. The first-order chi connectivity index (χ1) is 16.5. The minimum absolute atomic E-state index is 0.0170. The molecule has 174 valence electrons. The maximum Gasteiger partial charge on any atom is 0.242 e. The predicted octanol–water partition coefficient (Wildman–Crippen LogP) is 4.56. The minimum atomic E-state index is -0.173. The molecule has 1 amide bonds. The second-order valence-corrected chi connectivity index (χ2v) is 7.93. The van der Waals surface area contributed by atoms with Crippen molar-refractivity contribution in [2.24, 2.45) is 0 Å². The highest BCUT2D eigenvalue weighted by Crippen LogP contribution is 2.36. The Kier molecular flexibility index (Phi) is 6.82. The van der Waals surface area contributed by atoms with Gasteiger partial charge in [0.1, 0.15) is 12.3 Å². The number of phenolic OH excluding ortho intramolecular Hbond substituents is 1. The van der Waals surface area contributed by atoms with Gasteiger partial charge in [-0.2, -0.15) is 5.10 Å². The molecule has 0 saturated carbocycles. The summed E-state index contributed by atoms with van der Waals surface area (Å²) in [5.74, 6) is 1.13. The number of hydrogen-bond acceptors (Lipinski definition) is 5. The molecule has 1 heterocycles. The maximum atomic E-state index is 12.8. The molecule has 0 bridgehead atoms. The molecule has 7 heteroatoms. The maximum absolute atomic E-state index is 12.8. The van der Waals surface area contributed by atoms with Gasteiger partial charge in [0.05, 0.1) is 25.6 Å². The van der Waals surface area contributed by atoms with E-state index in [9.17, 15) is 9.90 Å². The average Bonchev–Trinajstić information content (AvgIpc) is 3.27. The fourth-order valence-electron chi connectivity index (χ4n) is 3.74. The van der Waals surface area contributed by atoms with Crippen LogP contribution in [0.25, 0.3) is 22.5 Å². The highest BCUT2D eigenvalue weighted by Gasteiger charge is 2.18. The molecule has 34 heavy (non-hydrogen) atoms. The summed E-state index contributed by atoms with van der Waals surface area (Å²) in [6.07, 6.45) is 0. The van der Waals surface area contributed by atoms with Crippen LogP contribution < -0.4 is 14.8 Å². The van der Waals surface area contributed by atoms with Crippen molar-refractivity contribution >= 4 is 5.91 Å². The zero-order valence-corrected chi connectivity index (χ0v) is 19.4. The Morgan fingerprint density at radius 2 is 1.74 bits per heavy atom. The lowest BCUT2D eigenvalue weighted by Crippen LogP contribution is -2.27. The smallest absolute Gasteiger partial charge is 0.242 e. The number of rotatable bonds is 8. The number of nitrogens with zero attached hydrogens (tertiary/aromatic N) is 2. The van der Waals surface area contributed by atoms with Crippen LogP contribution in [0.15, 0.2) is 72.8 Å². The molecule has 1 aromatic heterocycles. The van der Waals surface area contributed by atoms with Gasteiger partial charge in [-0.1, -0.05) is 42.0 Å². The zero-order valence-electron chi connectivity index (χ0n) is 19.4. The van der Waals surface area contributed by atoms with Gasteiger partial charge in [-0.15, -0.1) is 0 Å². The number of aryl methyl sites for hydroxylation is 1. The number of aromatic hydroxyl groups is 1. The summed E-state index contributed by atoms with van der Waals surface area (Å²) in [5, 5.41) is 18.1. The van der Waals surface area contributed by atoms with Crippen molar-refractivity contribution in [3.05, 3.63) is 83.9 Å². The molecule has 0 saturated heterocycles. The molecule has 0 aliphatic rings. The predicted molar refractivity (Wildman–Crippen MR) is 131 cm³/mol. The Morgan fingerprint density at radius 1 is 0.971 bits per heavy atom. The molecule has 7 nitrogen and oxygen atoms in total. The molecule has 0 atom stereocenters. The van der Waals surface area contributed by atoms with E-state index in [4.69, 9.17) is 9.47 Å². The number of carbonyl (C=O) groups excluding carboxylic acids is 1. The van der Waals surface area contributed by atoms with Crippen molar-refractivity contribution in [3.63, 3.8) is 0 Å². The average molecular weight is 458 g/mol. The normalized spacial score (nSPS) is 10.7. The fraction of sp³-hybridized carbons (Fsp3) is 0.185. The number of amides is 1. The van der Waals surface area contributed by atoms with E-state index in [2.05, 4.69) is 10.4 Å². The van der Waals surface area contributed by atoms with Crippen LogP contribution in [0.3, 0.4) is 0 Å². The van der Waals surface area contributed by atoms with Crippen molar-refractivity contribution in [2.45, 2.75) is 20.0 Å². The topological polar surface area (TPSA) is 85.6 Å². The highest BCUT2D eigenvalue weighted by molar-refractivity contribution is 5.78. The van der Waals surface area contributed by atoms with E-state index < -0.39 is 0 Å². The van der Waals surface area contributed by atoms with Crippen molar-refractivity contribution in [2.75, 3.05) is 14.2 Å². The second-order valence-electron chi connectivity index (χ2n) is 7.93. The van der Waals surface area contributed by atoms with Crippen LogP contribution >= 0.6 is 0 Å². The van der Waals surface area contributed by atoms with Crippen LogP contribution in [0.2, 0.25) is 0 Å². The van der Waals surface area contributed by atoms with Gasteiger partial charge in [0.2, 0.25) is 5.91 Å². The molecular weight excluding hydrogens is 430 g/mol. The van der Waals surface area contributed by atoms with Crippen molar-refractivity contribution < 1.29 is 19.4 Å². The molecule has 0 unspecified atom stereocenters. The summed E-state index contributed by atoms with van der Waals surface area (Å²) in [4.78, 5) is 12.8. The monoisotopic (exact) mass is 457 g/mol. The summed E-state index contributed by atoms with van der Waals surface area (Å²) in [6.45, 7) is 2.40. The molecule has 4 aromatic rings. The van der Waals surface area contributed by atoms with Gasteiger partial charge in [-0.3, -0.25) is 9.48 Å². The van der Waals surface area contributed by atoms with Gasteiger partial charge in [-0.05, 0) is 48.9 Å². The molecule has 3 aromatic carbocycles. The van der Waals surface area contributed by atoms with E-state index in [0.29, 0.717) is 35.0 Å². The number of methoxy groups -OCH3 is 2. The number of hydrogen-bond donors (Lipinski definition) is 2. The summed E-state index contributed by atoms with van der Waals surface area (Å²) in [5.41, 5.74) is 4.70. The number of nitrogens with one attached hydrogen (secondary N) is 1. The summed E-state index contributed by atoms with van der Waals surface area (Å²) >= 11 is 0. The lowest BCUT2D eigenvalue weighted by atomic mass is 10.1. The highest BCUT2D eigenvalue weighted by atomic mass is 16.5. The largest absolute Gasteiger partial charge is 0.507 e. The molecule has 4 rings (SSSR count). The molecule has 0 aliphatic carbocycles. The van der Waals surface area contributed by atoms with Gasteiger partial charge in [0, 0.05) is 17.7 Å². The number of phenols is 1. The van der Waals surface area contributed by atoms with Crippen molar-refractivity contribution in [3.8, 4) is 39.8 Å². The number of carbonyl (C=O) groups is 1. The van der Waals surface area contributed by atoms with Gasteiger partial charge in [-0.25, -0.2) is 0 Å². The van der Waals surface area contributed by atoms with E-state index in [1.807, 2.05) is 73.7 Å². The third-order valence-corrected chi connectivity index (χ3v) is 5.51. The Bertz CT molecular complexity index is 1300. The first-order valence-corrected chi connectivity index (χ1v) is 10.9. The van der Waals surface area contributed by atoms with E-state index in [1.165, 1.54) is 0 Å². The quantitative estimate of drug-likeness (QED) is 0.405. The SMILES string of the molecule is COc1ccc(-c2cc(-c3cc(C)ccc3O)nn2CC(=O)NCc2ccccc2)cc1OC. The van der Waals surface area contributed by atoms with Crippen LogP contribution in [0.1, 0.15) is 11.1 Å². The molecule has 0 fully saturated rings. The Balaban J connectivity index is 1.69. The summed E-state index contributed by atoms with van der Waals surface area (Å²) in [7, 11) is 3.16. The Labute approximate surface area is 198 Å². The van der Waals surface area contributed by atoms with Gasteiger partial charge < -0.3 is 19.9 Å². The number of ether oxygens (including phenoxy) is 2. The van der Waals surface area contributed by atoms with Crippen molar-refractivity contribution in [1.82, 2.24) is 15.1 Å². The van der Waals surface area contributed by atoms with Crippen LogP contribution in [-0.4, -0.2) is 35.0 Å². The van der Waals surface area contributed by atoms with Crippen LogP contribution in [0.5, 0.6) is 17.2 Å². The van der Waals surface area contributed by atoms with Gasteiger partial charge in [0.25, 0.3) is 0 Å². The zero-order chi connectivity index (χ0) is 24.1. The third-order valence-electron chi connectivity index (χ3n) is 5.51. The molecular formula is C27H27N3O4. The number of benzene rings is 3. The minimum Gasteiger partial charge on any atom is -0.507 e. The van der Waals surface area contributed by atoms with E-state index in [-0.39, 0.29) is 18.2 Å². The number of aromatic nitrogens is 2. The fourth-order valence-corrected chi connectivity index (χ4v) is 3.74. The van der Waals surface area contributed by atoms with Crippen LogP contribution in [0.4, 0.5) is 0 Å². The Hall–Kier alpha value is -4.26.